The second kappa shape index (κ2) is 9.17. The van der Waals surface area contributed by atoms with E-state index in [9.17, 15) is 20.4 Å². The van der Waals surface area contributed by atoms with Gasteiger partial charge in [0.05, 0.1) is 6.61 Å². The molecule has 0 radical (unpaired) electrons. The smallest absolute Gasteiger partial charge is 0.123 e. The van der Waals surface area contributed by atoms with E-state index in [0.717, 1.165) is 42.6 Å². The molecule has 178 valence electrons. The maximum atomic E-state index is 10.5. The molecule has 1 saturated carbocycles. The molecule has 2 aliphatic heterocycles. The number of hydrogen-bond donors (Lipinski definition) is 4. The highest BCUT2D eigenvalue weighted by Crippen LogP contribution is 2.43. The third-order valence-corrected chi connectivity index (χ3v) is 7.87. The van der Waals surface area contributed by atoms with E-state index in [-0.39, 0.29) is 5.60 Å². The fourth-order valence-electron chi connectivity index (χ4n) is 5.56. The quantitative estimate of drug-likeness (QED) is 0.543. The van der Waals surface area contributed by atoms with Crippen molar-refractivity contribution in [3.05, 3.63) is 63.7 Å². The van der Waals surface area contributed by atoms with Gasteiger partial charge in [0.25, 0.3) is 0 Å². The lowest BCUT2D eigenvalue weighted by Gasteiger charge is -2.40. The van der Waals surface area contributed by atoms with Gasteiger partial charge in [0, 0.05) is 5.02 Å². The zero-order valence-electron chi connectivity index (χ0n) is 18.5. The zero-order chi connectivity index (χ0) is 23.2. The average Bonchev–Trinajstić information content (AvgIpc) is 3.27. The molecule has 33 heavy (non-hydrogen) atoms. The molecular formula is C26H31ClO6. The fourth-order valence-corrected chi connectivity index (χ4v) is 5.74. The third-order valence-electron chi connectivity index (χ3n) is 7.50. The summed E-state index contributed by atoms with van der Waals surface area (Å²) in [5.74, 6) is 0.994. The normalized spacial score (nSPS) is 30.8. The van der Waals surface area contributed by atoms with Gasteiger partial charge in [-0.25, -0.2) is 0 Å². The zero-order valence-corrected chi connectivity index (χ0v) is 19.2. The maximum Gasteiger partial charge on any atom is 0.123 e. The van der Waals surface area contributed by atoms with Gasteiger partial charge in [-0.2, -0.15) is 0 Å². The van der Waals surface area contributed by atoms with E-state index in [0.29, 0.717) is 17.0 Å². The van der Waals surface area contributed by atoms with Gasteiger partial charge in [-0.15, -0.1) is 0 Å². The van der Waals surface area contributed by atoms with E-state index in [2.05, 4.69) is 18.2 Å². The molecule has 0 unspecified atom stereocenters. The Kier molecular flexibility index (Phi) is 6.42. The van der Waals surface area contributed by atoms with Crippen molar-refractivity contribution in [2.45, 2.75) is 81.1 Å². The van der Waals surface area contributed by atoms with Gasteiger partial charge in [-0.3, -0.25) is 0 Å². The second-order valence-corrected chi connectivity index (χ2v) is 10.1. The summed E-state index contributed by atoms with van der Waals surface area (Å²) in [5, 5.41) is 40.8. The third kappa shape index (κ3) is 4.41. The van der Waals surface area contributed by atoms with E-state index in [4.69, 9.17) is 21.1 Å². The summed E-state index contributed by atoms with van der Waals surface area (Å²) in [7, 11) is 0. The Labute approximate surface area is 198 Å². The minimum absolute atomic E-state index is 0.0392. The molecule has 2 aromatic carbocycles. The monoisotopic (exact) mass is 474 g/mol. The van der Waals surface area contributed by atoms with Crippen molar-refractivity contribution in [1.29, 1.82) is 0 Å². The first-order chi connectivity index (χ1) is 15.9. The number of fused-ring (bicyclic) bond motifs is 1. The summed E-state index contributed by atoms with van der Waals surface area (Å²) in [5.41, 5.74) is 3.89. The lowest BCUT2D eigenvalue weighted by molar-refractivity contribution is -0.231. The highest BCUT2D eigenvalue weighted by atomic mass is 35.5. The number of hydrogen-bond acceptors (Lipinski definition) is 6. The van der Waals surface area contributed by atoms with Crippen LogP contribution in [0.15, 0.2) is 36.4 Å². The Morgan fingerprint density at radius 1 is 0.939 bits per heavy atom. The van der Waals surface area contributed by atoms with Crippen LogP contribution >= 0.6 is 11.6 Å². The second-order valence-electron chi connectivity index (χ2n) is 9.71. The highest BCUT2D eigenvalue weighted by Gasteiger charge is 2.44. The van der Waals surface area contributed by atoms with Crippen molar-refractivity contribution in [3.63, 3.8) is 0 Å². The van der Waals surface area contributed by atoms with Crippen molar-refractivity contribution in [2.75, 3.05) is 6.61 Å². The Morgan fingerprint density at radius 3 is 2.48 bits per heavy atom. The lowest BCUT2D eigenvalue weighted by Crippen LogP contribution is -2.55. The van der Waals surface area contributed by atoms with Gasteiger partial charge < -0.3 is 29.9 Å². The molecule has 2 fully saturated rings. The molecule has 6 nitrogen and oxygen atoms in total. The molecule has 3 aliphatic rings. The molecule has 5 rings (SSSR count). The molecule has 0 aromatic heterocycles. The van der Waals surface area contributed by atoms with Crippen molar-refractivity contribution in [3.8, 4) is 5.75 Å². The van der Waals surface area contributed by atoms with Gasteiger partial charge >= 0.3 is 0 Å². The van der Waals surface area contributed by atoms with E-state index in [1.54, 1.807) is 12.1 Å². The Bertz CT molecular complexity index is 1000. The van der Waals surface area contributed by atoms with E-state index in [1.165, 1.54) is 18.4 Å². The van der Waals surface area contributed by atoms with Gasteiger partial charge in [-0.1, -0.05) is 35.9 Å². The van der Waals surface area contributed by atoms with Crippen LogP contribution in [0.2, 0.25) is 5.02 Å². The fraction of sp³-hybridized carbons (Fsp3) is 0.538. The predicted molar refractivity (Wildman–Crippen MR) is 124 cm³/mol. The summed E-state index contributed by atoms with van der Waals surface area (Å²) in [6.45, 7) is -0.458. The molecular weight excluding hydrogens is 444 g/mol. The first-order valence-corrected chi connectivity index (χ1v) is 12.2. The standard InChI is InChI=1S/C26H31ClO6/c27-19-5-4-17(25-24(31)23(30)22(29)21(14-28)32-25)13-18(19)12-15-3-6-20-16(11-15)7-10-26(33-20)8-1-2-9-26/h3-6,11,13,21-25,28-31H,1-2,7-10,12,14H2/t21-,22-,23+,24-,25+/m1/s1. The lowest BCUT2D eigenvalue weighted by atomic mass is 9.88. The first-order valence-electron chi connectivity index (χ1n) is 11.8. The number of benzene rings is 2. The summed E-state index contributed by atoms with van der Waals surface area (Å²) in [4.78, 5) is 0. The van der Waals surface area contributed by atoms with Crippen LogP contribution in [-0.4, -0.2) is 57.0 Å². The topological polar surface area (TPSA) is 99.4 Å². The molecule has 1 aliphatic carbocycles. The largest absolute Gasteiger partial charge is 0.487 e. The number of ether oxygens (including phenoxy) is 2. The molecule has 7 heteroatoms. The molecule has 4 N–H and O–H groups in total. The summed E-state index contributed by atoms with van der Waals surface area (Å²) in [6, 6.07) is 11.7. The van der Waals surface area contributed by atoms with Gasteiger partial charge in [0.15, 0.2) is 0 Å². The van der Waals surface area contributed by atoms with E-state index in [1.807, 2.05) is 6.07 Å². The van der Waals surface area contributed by atoms with Gasteiger partial charge in [0.1, 0.15) is 41.9 Å². The van der Waals surface area contributed by atoms with Gasteiger partial charge in [0.2, 0.25) is 0 Å². The maximum absolute atomic E-state index is 10.5. The Morgan fingerprint density at radius 2 is 1.73 bits per heavy atom. The Balaban J connectivity index is 1.36. The SMILES string of the molecule is OC[C@H]1O[C@@H](c2ccc(Cl)c(Cc3ccc4c(c3)CCC3(CCCC3)O4)c2)[C@H](O)[C@@H](O)[C@@H]1O. The number of rotatable bonds is 4. The minimum atomic E-state index is -1.41. The molecule has 1 saturated heterocycles. The van der Waals surface area contributed by atoms with Crippen molar-refractivity contribution in [2.24, 2.45) is 0 Å². The number of aryl methyl sites for hydroxylation is 1. The summed E-state index contributed by atoms with van der Waals surface area (Å²) in [6.07, 6.45) is 1.53. The number of aliphatic hydroxyl groups excluding tert-OH is 4. The van der Waals surface area contributed by atoms with Crippen LogP contribution in [0, 0.1) is 0 Å². The number of halogens is 1. The Hall–Kier alpha value is -1.67. The van der Waals surface area contributed by atoms with Crippen LogP contribution in [0.3, 0.4) is 0 Å². The van der Waals surface area contributed by atoms with E-state index >= 15 is 0 Å². The molecule has 2 heterocycles. The van der Waals surface area contributed by atoms with Crippen LogP contribution in [0.5, 0.6) is 5.75 Å². The molecule has 0 bridgehead atoms. The molecule has 0 amide bonds. The summed E-state index contributed by atoms with van der Waals surface area (Å²) >= 11 is 6.50. The molecule has 5 atom stereocenters. The first kappa shape index (κ1) is 23.1. The number of aliphatic hydroxyl groups is 4. The van der Waals surface area contributed by atoms with Crippen molar-refractivity contribution in [1.82, 2.24) is 0 Å². The van der Waals surface area contributed by atoms with Crippen LogP contribution in [-0.2, 0) is 17.6 Å². The van der Waals surface area contributed by atoms with Crippen molar-refractivity contribution < 1.29 is 29.9 Å². The van der Waals surface area contributed by atoms with Crippen LogP contribution in [0.25, 0.3) is 0 Å². The summed E-state index contributed by atoms with van der Waals surface area (Å²) < 4.78 is 12.1. The molecule has 1 spiro atoms. The van der Waals surface area contributed by atoms with E-state index < -0.39 is 37.1 Å². The predicted octanol–water partition coefficient (Wildman–Crippen LogP) is 3.08. The molecule has 2 aromatic rings. The average molecular weight is 475 g/mol. The van der Waals surface area contributed by atoms with Crippen LogP contribution in [0.4, 0.5) is 0 Å². The van der Waals surface area contributed by atoms with Gasteiger partial charge in [-0.05, 0) is 79.3 Å². The van der Waals surface area contributed by atoms with Crippen LogP contribution < -0.4 is 4.74 Å². The van der Waals surface area contributed by atoms with Crippen LogP contribution in [0.1, 0.15) is 60.5 Å². The highest BCUT2D eigenvalue weighted by molar-refractivity contribution is 6.31. The minimum Gasteiger partial charge on any atom is -0.487 e. The van der Waals surface area contributed by atoms with Crippen molar-refractivity contribution >= 4 is 11.6 Å².